The van der Waals surface area contributed by atoms with Crippen molar-refractivity contribution in [3.8, 4) is 0 Å². The van der Waals surface area contributed by atoms with Gasteiger partial charge in [0.2, 0.25) is 0 Å². The lowest BCUT2D eigenvalue weighted by Gasteiger charge is -2.19. The molecule has 1 aromatic rings. The van der Waals surface area contributed by atoms with Crippen LogP contribution in [-0.4, -0.2) is 24.7 Å². The van der Waals surface area contributed by atoms with E-state index in [9.17, 15) is 4.79 Å². The Morgan fingerprint density at radius 1 is 1.73 bits per heavy atom. The number of carbonyl (C=O) groups is 1. The van der Waals surface area contributed by atoms with Gasteiger partial charge in [-0.1, -0.05) is 6.07 Å². The number of hydrogen-bond acceptors (Lipinski definition) is 3. The van der Waals surface area contributed by atoms with Crippen LogP contribution in [0.3, 0.4) is 0 Å². The molecule has 1 aromatic heterocycles. The molecular formula is C11H15NO2S. The molecule has 0 aromatic carbocycles. The minimum absolute atomic E-state index is 0.00741. The van der Waals surface area contributed by atoms with Gasteiger partial charge in [-0.05, 0) is 31.2 Å². The standard InChI is InChI=1S/C11H15NO2S/c1-8(9-4-2-6-14-9)12-11(13)10-5-3-7-15-10/h3,5,7-9H,2,4,6H2,1H3,(H,12,13)/t8-,9+/m1/s1. The third-order valence-corrected chi connectivity index (χ3v) is 3.49. The molecule has 15 heavy (non-hydrogen) atoms. The number of nitrogens with one attached hydrogen (secondary N) is 1. The molecule has 0 unspecified atom stereocenters. The monoisotopic (exact) mass is 225 g/mol. The van der Waals surface area contributed by atoms with Crippen molar-refractivity contribution < 1.29 is 9.53 Å². The van der Waals surface area contributed by atoms with Crippen molar-refractivity contribution in [2.24, 2.45) is 0 Å². The largest absolute Gasteiger partial charge is 0.376 e. The molecular weight excluding hydrogens is 210 g/mol. The molecule has 0 saturated carbocycles. The molecule has 1 saturated heterocycles. The van der Waals surface area contributed by atoms with E-state index in [0.717, 1.165) is 24.3 Å². The maximum absolute atomic E-state index is 11.7. The van der Waals surface area contributed by atoms with Crippen LogP contribution < -0.4 is 5.32 Å². The van der Waals surface area contributed by atoms with Gasteiger partial charge in [0.1, 0.15) is 0 Å². The van der Waals surface area contributed by atoms with Gasteiger partial charge in [0, 0.05) is 6.61 Å². The Morgan fingerprint density at radius 2 is 2.60 bits per heavy atom. The number of rotatable bonds is 3. The fraction of sp³-hybridized carbons (Fsp3) is 0.545. The molecule has 1 fully saturated rings. The first kappa shape index (κ1) is 10.6. The Balaban J connectivity index is 1.88. The molecule has 4 heteroatoms. The molecule has 2 atom stereocenters. The van der Waals surface area contributed by atoms with Gasteiger partial charge in [0.15, 0.2) is 0 Å². The first-order valence-electron chi connectivity index (χ1n) is 5.23. The summed E-state index contributed by atoms with van der Waals surface area (Å²) in [6, 6.07) is 3.82. The highest BCUT2D eigenvalue weighted by Gasteiger charge is 2.23. The normalized spacial score (nSPS) is 22.6. The zero-order chi connectivity index (χ0) is 10.7. The summed E-state index contributed by atoms with van der Waals surface area (Å²) in [4.78, 5) is 12.5. The highest BCUT2D eigenvalue weighted by atomic mass is 32.1. The van der Waals surface area contributed by atoms with Gasteiger partial charge in [-0.2, -0.15) is 0 Å². The second-order valence-electron chi connectivity index (χ2n) is 3.79. The van der Waals surface area contributed by atoms with Gasteiger partial charge < -0.3 is 10.1 Å². The van der Waals surface area contributed by atoms with Crippen LogP contribution in [0.1, 0.15) is 29.4 Å². The van der Waals surface area contributed by atoms with Crippen LogP contribution in [0.15, 0.2) is 17.5 Å². The Kier molecular flexibility index (Phi) is 3.38. The van der Waals surface area contributed by atoms with E-state index < -0.39 is 0 Å². The molecule has 3 nitrogen and oxygen atoms in total. The summed E-state index contributed by atoms with van der Waals surface area (Å²) in [5, 5.41) is 4.88. The van der Waals surface area contributed by atoms with Gasteiger partial charge in [0.05, 0.1) is 17.0 Å². The molecule has 82 valence electrons. The van der Waals surface area contributed by atoms with Crippen LogP contribution in [-0.2, 0) is 4.74 Å². The van der Waals surface area contributed by atoms with Crippen molar-refractivity contribution in [1.29, 1.82) is 0 Å². The third-order valence-electron chi connectivity index (χ3n) is 2.63. The Bertz CT molecular complexity index is 317. The van der Waals surface area contributed by atoms with Crippen molar-refractivity contribution in [1.82, 2.24) is 5.32 Å². The van der Waals surface area contributed by atoms with Crippen LogP contribution >= 0.6 is 11.3 Å². The topological polar surface area (TPSA) is 38.3 Å². The number of ether oxygens (including phenoxy) is 1. The van der Waals surface area contributed by atoms with Crippen molar-refractivity contribution >= 4 is 17.2 Å². The molecule has 1 aliphatic heterocycles. The highest BCUT2D eigenvalue weighted by Crippen LogP contribution is 2.16. The lowest BCUT2D eigenvalue weighted by molar-refractivity contribution is 0.0714. The summed E-state index contributed by atoms with van der Waals surface area (Å²) in [7, 11) is 0. The maximum atomic E-state index is 11.7. The average Bonchev–Trinajstić information content (AvgIpc) is 2.91. The average molecular weight is 225 g/mol. The van der Waals surface area contributed by atoms with Gasteiger partial charge in [-0.15, -0.1) is 11.3 Å². The maximum Gasteiger partial charge on any atom is 0.261 e. The molecule has 2 rings (SSSR count). The molecule has 2 heterocycles. The smallest absolute Gasteiger partial charge is 0.261 e. The van der Waals surface area contributed by atoms with E-state index in [-0.39, 0.29) is 18.1 Å². The first-order valence-corrected chi connectivity index (χ1v) is 6.11. The van der Waals surface area contributed by atoms with E-state index in [2.05, 4.69) is 5.32 Å². The molecule has 1 N–H and O–H groups in total. The summed E-state index contributed by atoms with van der Waals surface area (Å²) in [5.41, 5.74) is 0. The molecule has 0 bridgehead atoms. The van der Waals surface area contributed by atoms with Gasteiger partial charge in [-0.3, -0.25) is 4.79 Å². The second-order valence-corrected chi connectivity index (χ2v) is 4.74. The molecule has 1 aliphatic rings. The number of thiophene rings is 1. The lowest BCUT2D eigenvalue weighted by Crippen LogP contribution is -2.40. The zero-order valence-electron chi connectivity index (χ0n) is 8.73. The van der Waals surface area contributed by atoms with Gasteiger partial charge in [-0.25, -0.2) is 0 Å². The zero-order valence-corrected chi connectivity index (χ0v) is 9.55. The summed E-state index contributed by atoms with van der Waals surface area (Å²) >= 11 is 1.46. The lowest BCUT2D eigenvalue weighted by atomic mass is 10.1. The van der Waals surface area contributed by atoms with Crippen LogP contribution in [0.25, 0.3) is 0 Å². The van der Waals surface area contributed by atoms with E-state index in [4.69, 9.17) is 4.74 Å². The predicted molar refractivity (Wildman–Crippen MR) is 60.2 cm³/mol. The second kappa shape index (κ2) is 4.77. The summed E-state index contributed by atoms with van der Waals surface area (Å²) in [5.74, 6) is 0.00741. The third kappa shape index (κ3) is 2.58. The molecule has 0 radical (unpaired) electrons. The fourth-order valence-electron chi connectivity index (χ4n) is 1.78. The van der Waals surface area contributed by atoms with Crippen LogP contribution in [0.5, 0.6) is 0 Å². The van der Waals surface area contributed by atoms with Crippen molar-refractivity contribution in [2.45, 2.75) is 31.9 Å². The molecule has 1 amide bonds. The minimum Gasteiger partial charge on any atom is -0.376 e. The van der Waals surface area contributed by atoms with Gasteiger partial charge >= 0.3 is 0 Å². The summed E-state index contributed by atoms with van der Waals surface area (Å²) in [6.07, 6.45) is 2.34. The Morgan fingerprint density at radius 3 is 3.20 bits per heavy atom. The fourth-order valence-corrected chi connectivity index (χ4v) is 2.40. The number of amides is 1. The first-order chi connectivity index (χ1) is 7.27. The highest BCUT2D eigenvalue weighted by molar-refractivity contribution is 7.12. The van der Waals surface area contributed by atoms with E-state index in [0.29, 0.717) is 0 Å². The van der Waals surface area contributed by atoms with E-state index in [1.807, 2.05) is 24.4 Å². The predicted octanol–water partition coefficient (Wildman–Crippen LogP) is 2.05. The van der Waals surface area contributed by atoms with Gasteiger partial charge in [0.25, 0.3) is 5.91 Å². The Labute approximate surface area is 93.4 Å². The quantitative estimate of drug-likeness (QED) is 0.855. The van der Waals surface area contributed by atoms with E-state index >= 15 is 0 Å². The van der Waals surface area contributed by atoms with E-state index in [1.54, 1.807) is 0 Å². The van der Waals surface area contributed by atoms with Crippen LogP contribution in [0, 0.1) is 0 Å². The molecule has 0 aliphatic carbocycles. The van der Waals surface area contributed by atoms with Crippen molar-refractivity contribution in [2.75, 3.05) is 6.61 Å². The number of carbonyl (C=O) groups excluding carboxylic acids is 1. The molecule has 0 spiro atoms. The number of hydrogen-bond donors (Lipinski definition) is 1. The van der Waals surface area contributed by atoms with Crippen LogP contribution in [0.4, 0.5) is 0 Å². The summed E-state index contributed by atoms with van der Waals surface area (Å²) in [6.45, 7) is 2.82. The Hall–Kier alpha value is -0.870. The van der Waals surface area contributed by atoms with E-state index in [1.165, 1.54) is 11.3 Å². The summed E-state index contributed by atoms with van der Waals surface area (Å²) < 4.78 is 5.52. The van der Waals surface area contributed by atoms with Crippen molar-refractivity contribution in [3.05, 3.63) is 22.4 Å². The minimum atomic E-state index is 0.00741. The SMILES string of the molecule is C[C@@H](NC(=O)c1cccs1)[C@@H]1CCCO1. The van der Waals surface area contributed by atoms with Crippen LogP contribution in [0.2, 0.25) is 0 Å². The van der Waals surface area contributed by atoms with Crippen molar-refractivity contribution in [3.63, 3.8) is 0 Å².